The van der Waals surface area contributed by atoms with Crippen molar-refractivity contribution in [2.75, 3.05) is 6.61 Å². The molecule has 0 saturated carbocycles. The summed E-state index contributed by atoms with van der Waals surface area (Å²) in [7, 11) is 1.91. The second kappa shape index (κ2) is 6.33. The largest absolute Gasteiger partial charge is 0.461 e. The maximum Gasteiger partial charge on any atom is 0.355 e. The zero-order valence-corrected chi connectivity index (χ0v) is 15.2. The van der Waals surface area contributed by atoms with E-state index >= 15 is 0 Å². The maximum absolute atomic E-state index is 12.8. The molecule has 0 aliphatic carbocycles. The van der Waals surface area contributed by atoms with Gasteiger partial charge in [0.2, 0.25) is 0 Å². The molecular formula is C21H21N3O2. The Morgan fingerprint density at radius 2 is 1.92 bits per heavy atom. The summed E-state index contributed by atoms with van der Waals surface area (Å²) in [5, 5.41) is 7.59. The molecule has 2 aromatic carbocycles. The molecule has 0 fully saturated rings. The lowest BCUT2D eigenvalue weighted by molar-refractivity contribution is 0.0516. The summed E-state index contributed by atoms with van der Waals surface area (Å²) in [6.07, 6.45) is 1.99. The number of fused-ring (bicyclic) bond motifs is 3. The van der Waals surface area contributed by atoms with Crippen LogP contribution in [0.15, 0.2) is 48.7 Å². The first-order valence-corrected chi connectivity index (χ1v) is 8.76. The van der Waals surface area contributed by atoms with Crippen LogP contribution in [0.2, 0.25) is 0 Å². The Balaban J connectivity index is 2.01. The normalized spacial score (nSPS) is 11.3. The van der Waals surface area contributed by atoms with Crippen LogP contribution >= 0.6 is 0 Å². The van der Waals surface area contributed by atoms with Crippen molar-refractivity contribution >= 4 is 27.6 Å². The quantitative estimate of drug-likeness (QED) is 0.523. The molecule has 0 radical (unpaired) electrons. The van der Waals surface area contributed by atoms with Gasteiger partial charge in [-0.2, -0.15) is 5.10 Å². The summed E-state index contributed by atoms with van der Waals surface area (Å²) in [5.74, 6) is -0.295. The number of esters is 1. The Bertz CT molecular complexity index is 1110. The molecule has 0 bridgehead atoms. The molecule has 26 heavy (non-hydrogen) atoms. The number of aryl methyl sites for hydroxylation is 2. The Morgan fingerprint density at radius 3 is 2.65 bits per heavy atom. The highest BCUT2D eigenvalue weighted by molar-refractivity contribution is 6.14. The lowest BCUT2D eigenvalue weighted by atomic mass is 10.1. The third kappa shape index (κ3) is 2.56. The first-order chi connectivity index (χ1) is 12.6. The molecule has 0 atom stereocenters. The van der Waals surface area contributed by atoms with E-state index in [1.807, 2.05) is 66.7 Å². The lowest BCUT2D eigenvalue weighted by Gasteiger charge is -2.11. The second-order valence-electron chi connectivity index (χ2n) is 6.45. The van der Waals surface area contributed by atoms with Gasteiger partial charge in [-0.1, -0.05) is 42.5 Å². The topological polar surface area (TPSA) is 49.1 Å². The number of aromatic nitrogens is 3. The predicted octanol–water partition coefficient (Wildman–Crippen LogP) is 4.06. The molecular weight excluding hydrogens is 326 g/mol. The number of hydrogen-bond acceptors (Lipinski definition) is 3. The fraction of sp³-hybridized carbons (Fsp3) is 0.238. The minimum Gasteiger partial charge on any atom is -0.461 e. The first-order valence-electron chi connectivity index (χ1n) is 8.76. The van der Waals surface area contributed by atoms with Gasteiger partial charge in [0, 0.05) is 41.6 Å². The van der Waals surface area contributed by atoms with E-state index in [9.17, 15) is 4.79 Å². The fourth-order valence-corrected chi connectivity index (χ4v) is 3.60. The third-order valence-electron chi connectivity index (χ3n) is 4.74. The molecule has 5 heteroatoms. The van der Waals surface area contributed by atoms with Crippen molar-refractivity contribution in [3.63, 3.8) is 0 Å². The summed E-state index contributed by atoms with van der Waals surface area (Å²) in [6.45, 7) is 4.84. The number of rotatable bonds is 4. The van der Waals surface area contributed by atoms with E-state index in [4.69, 9.17) is 4.74 Å². The van der Waals surface area contributed by atoms with Crippen molar-refractivity contribution in [1.29, 1.82) is 0 Å². The number of nitrogens with zero attached hydrogens (tertiary/aromatic N) is 3. The number of benzene rings is 2. The molecule has 4 rings (SSSR count). The molecule has 4 aromatic rings. The number of carbonyl (C=O) groups excluding carboxylic acids is 1. The van der Waals surface area contributed by atoms with Gasteiger partial charge in [-0.25, -0.2) is 4.79 Å². The van der Waals surface area contributed by atoms with Gasteiger partial charge in [-0.3, -0.25) is 4.68 Å². The Hall–Kier alpha value is -3.08. The maximum atomic E-state index is 12.8. The molecule has 0 aliphatic rings. The van der Waals surface area contributed by atoms with Gasteiger partial charge >= 0.3 is 5.97 Å². The highest BCUT2D eigenvalue weighted by atomic mass is 16.5. The zero-order chi connectivity index (χ0) is 18.3. The van der Waals surface area contributed by atoms with Crippen molar-refractivity contribution in [2.45, 2.75) is 20.4 Å². The molecule has 5 nitrogen and oxygen atoms in total. The molecule has 2 aromatic heterocycles. The molecule has 0 amide bonds. The van der Waals surface area contributed by atoms with Crippen molar-refractivity contribution in [1.82, 2.24) is 14.3 Å². The van der Waals surface area contributed by atoms with E-state index < -0.39 is 0 Å². The average Bonchev–Trinajstić information content (AvgIpc) is 3.13. The molecule has 2 heterocycles. The van der Waals surface area contributed by atoms with Gasteiger partial charge in [0.1, 0.15) is 11.2 Å². The number of carbonyl (C=O) groups is 1. The van der Waals surface area contributed by atoms with Crippen LogP contribution in [0.3, 0.4) is 0 Å². The van der Waals surface area contributed by atoms with Crippen molar-refractivity contribution in [3.05, 3.63) is 65.6 Å². The van der Waals surface area contributed by atoms with Crippen LogP contribution in [0.4, 0.5) is 0 Å². The van der Waals surface area contributed by atoms with Crippen molar-refractivity contribution in [2.24, 2.45) is 7.05 Å². The average molecular weight is 347 g/mol. The minimum atomic E-state index is -0.295. The summed E-state index contributed by atoms with van der Waals surface area (Å²) in [6, 6.07) is 14.2. The Labute approximate surface area is 151 Å². The predicted molar refractivity (Wildman–Crippen MR) is 102 cm³/mol. The highest BCUT2D eigenvalue weighted by Crippen LogP contribution is 2.33. The smallest absolute Gasteiger partial charge is 0.355 e. The monoisotopic (exact) mass is 347 g/mol. The van der Waals surface area contributed by atoms with Crippen LogP contribution in [0.1, 0.15) is 28.7 Å². The fourth-order valence-electron chi connectivity index (χ4n) is 3.60. The van der Waals surface area contributed by atoms with E-state index in [0.29, 0.717) is 18.8 Å². The van der Waals surface area contributed by atoms with Crippen LogP contribution in [0.25, 0.3) is 21.7 Å². The summed E-state index contributed by atoms with van der Waals surface area (Å²) in [4.78, 5) is 12.8. The van der Waals surface area contributed by atoms with E-state index in [2.05, 4.69) is 17.2 Å². The Kier molecular flexibility index (Phi) is 3.99. The van der Waals surface area contributed by atoms with Crippen LogP contribution in [-0.2, 0) is 18.3 Å². The van der Waals surface area contributed by atoms with Gasteiger partial charge in [0.15, 0.2) is 0 Å². The number of ether oxygens (including phenoxy) is 1. The summed E-state index contributed by atoms with van der Waals surface area (Å²) in [5.41, 5.74) is 3.67. The SMILES string of the molecule is CCOC(=O)c1c2ccc3cn(C)nc3c2c(C)n1Cc1ccccc1. The van der Waals surface area contributed by atoms with Crippen molar-refractivity contribution in [3.8, 4) is 0 Å². The minimum absolute atomic E-state index is 0.295. The summed E-state index contributed by atoms with van der Waals surface area (Å²) < 4.78 is 9.22. The molecule has 0 aliphatic heterocycles. The van der Waals surface area contributed by atoms with Crippen molar-refractivity contribution < 1.29 is 9.53 Å². The summed E-state index contributed by atoms with van der Waals surface area (Å²) >= 11 is 0. The van der Waals surface area contributed by atoms with E-state index in [0.717, 1.165) is 32.9 Å². The van der Waals surface area contributed by atoms with E-state index in [-0.39, 0.29) is 5.97 Å². The van der Waals surface area contributed by atoms with Crippen LogP contribution in [-0.4, -0.2) is 26.9 Å². The molecule has 0 N–H and O–H groups in total. The second-order valence-corrected chi connectivity index (χ2v) is 6.45. The molecule has 0 saturated heterocycles. The Morgan fingerprint density at radius 1 is 1.15 bits per heavy atom. The van der Waals surface area contributed by atoms with Gasteiger partial charge in [-0.15, -0.1) is 0 Å². The number of hydrogen-bond donors (Lipinski definition) is 0. The van der Waals surface area contributed by atoms with E-state index in [1.54, 1.807) is 0 Å². The molecule has 0 spiro atoms. The van der Waals surface area contributed by atoms with Crippen LogP contribution in [0.5, 0.6) is 0 Å². The first kappa shape index (κ1) is 16.4. The standard InChI is InChI=1S/C21H21N3O2/c1-4-26-21(25)20-17-11-10-16-13-23(3)22-19(16)18(17)14(2)24(20)12-15-8-6-5-7-9-15/h5-11,13H,4,12H2,1-3H3. The van der Waals surface area contributed by atoms with Gasteiger partial charge in [0.25, 0.3) is 0 Å². The van der Waals surface area contributed by atoms with Gasteiger partial charge in [0.05, 0.1) is 6.61 Å². The van der Waals surface area contributed by atoms with Gasteiger partial charge < -0.3 is 9.30 Å². The van der Waals surface area contributed by atoms with E-state index in [1.165, 1.54) is 0 Å². The van der Waals surface area contributed by atoms with Crippen LogP contribution < -0.4 is 0 Å². The van der Waals surface area contributed by atoms with Crippen LogP contribution in [0, 0.1) is 6.92 Å². The van der Waals surface area contributed by atoms with Gasteiger partial charge in [-0.05, 0) is 19.4 Å². The third-order valence-corrected chi connectivity index (χ3v) is 4.74. The zero-order valence-electron chi connectivity index (χ0n) is 15.2. The lowest BCUT2D eigenvalue weighted by Crippen LogP contribution is -2.14. The molecule has 0 unspecified atom stereocenters. The highest BCUT2D eigenvalue weighted by Gasteiger charge is 2.23. The molecule has 132 valence electrons.